The quantitative estimate of drug-likeness (QED) is 0.324. The van der Waals surface area contributed by atoms with Crippen LogP contribution >= 0.6 is 24.0 Å². The van der Waals surface area contributed by atoms with Crippen molar-refractivity contribution in [3.05, 3.63) is 29.8 Å². The number of sulfone groups is 1. The van der Waals surface area contributed by atoms with Gasteiger partial charge in [-0.1, -0.05) is 25.0 Å². The highest BCUT2D eigenvalue weighted by atomic mass is 127. The highest BCUT2D eigenvalue weighted by Crippen LogP contribution is 2.27. The van der Waals surface area contributed by atoms with Crippen LogP contribution in [0.3, 0.4) is 0 Å². The van der Waals surface area contributed by atoms with E-state index in [9.17, 15) is 13.2 Å². The third-order valence-electron chi connectivity index (χ3n) is 5.66. The van der Waals surface area contributed by atoms with E-state index in [1.807, 2.05) is 11.8 Å². The van der Waals surface area contributed by atoms with Gasteiger partial charge in [0.05, 0.1) is 11.4 Å². The third-order valence-corrected chi connectivity index (χ3v) is 6.79. The molecule has 1 aromatic rings. The second kappa shape index (κ2) is 11.3. The Kier molecular flexibility index (Phi) is 9.39. The molecule has 1 atom stereocenters. The standard InChI is InChI=1S/C21H32N4O3S.HI/c1-3-22-21(23-14-16-8-10-19(11-9-16)29(2,27)28)24-18-12-13-25(15-18)20(26)17-6-4-5-7-17;/h8-11,17-18H,3-7,12-15H2,1-2H3,(H2,22,23,24);1H. The summed E-state index contributed by atoms with van der Waals surface area (Å²) in [6.07, 6.45) is 6.55. The van der Waals surface area contributed by atoms with Gasteiger partial charge in [-0.3, -0.25) is 4.79 Å². The number of carbonyl (C=O) groups excluding carboxylic acids is 1. The van der Waals surface area contributed by atoms with Crippen LogP contribution in [0.1, 0.15) is 44.6 Å². The molecule has 1 heterocycles. The molecule has 2 fully saturated rings. The van der Waals surface area contributed by atoms with Crippen molar-refractivity contribution in [1.29, 1.82) is 0 Å². The van der Waals surface area contributed by atoms with Gasteiger partial charge in [0, 0.05) is 37.8 Å². The van der Waals surface area contributed by atoms with E-state index in [0.29, 0.717) is 17.3 Å². The van der Waals surface area contributed by atoms with Crippen LogP contribution in [0.5, 0.6) is 0 Å². The Morgan fingerprint density at radius 1 is 1.17 bits per heavy atom. The molecule has 1 saturated carbocycles. The summed E-state index contributed by atoms with van der Waals surface area (Å²) < 4.78 is 23.1. The molecule has 30 heavy (non-hydrogen) atoms. The predicted molar refractivity (Wildman–Crippen MR) is 130 cm³/mol. The van der Waals surface area contributed by atoms with Crippen LogP contribution in [0.15, 0.2) is 34.2 Å². The molecule has 1 unspecified atom stereocenters. The van der Waals surface area contributed by atoms with Crippen LogP contribution in [0.4, 0.5) is 0 Å². The predicted octanol–water partition coefficient (Wildman–Crippen LogP) is 2.55. The highest BCUT2D eigenvalue weighted by Gasteiger charge is 2.32. The number of aliphatic imine (C=N–C) groups is 1. The van der Waals surface area contributed by atoms with Gasteiger partial charge in [-0.05, 0) is 43.9 Å². The van der Waals surface area contributed by atoms with E-state index in [4.69, 9.17) is 0 Å². The van der Waals surface area contributed by atoms with E-state index < -0.39 is 9.84 Å². The van der Waals surface area contributed by atoms with E-state index in [-0.39, 0.29) is 35.9 Å². The summed E-state index contributed by atoms with van der Waals surface area (Å²) >= 11 is 0. The van der Waals surface area contributed by atoms with Crippen molar-refractivity contribution in [1.82, 2.24) is 15.5 Å². The van der Waals surface area contributed by atoms with Gasteiger partial charge < -0.3 is 15.5 Å². The lowest BCUT2D eigenvalue weighted by Crippen LogP contribution is -2.45. The lowest BCUT2D eigenvalue weighted by Gasteiger charge is -2.21. The van der Waals surface area contributed by atoms with Gasteiger partial charge in [-0.25, -0.2) is 13.4 Å². The van der Waals surface area contributed by atoms with Crippen LogP contribution < -0.4 is 10.6 Å². The Bertz CT molecular complexity index is 836. The van der Waals surface area contributed by atoms with Gasteiger partial charge in [-0.15, -0.1) is 24.0 Å². The zero-order valence-electron chi connectivity index (χ0n) is 17.8. The Balaban J connectivity index is 0.00000320. The van der Waals surface area contributed by atoms with Crippen LogP contribution in [0.2, 0.25) is 0 Å². The zero-order chi connectivity index (χ0) is 20.9. The minimum absolute atomic E-state index is 0. The van der Waals surface area contributed by atoms with Crippen LogP contribution in [0, 0.1) is 5.92 Å². The molecule has 0 aromatic heterocycles. The van der Waals surface area contributed by atoms with Gasteiger partial charge in [0.1, 0.15) is 0 Å². The molecule has 3 rings (SSSR count). The largest absolute Gasteiger partial charge is 0.357 e. The molecule has 2 aliphatic rings. The molecular weight excluding hydrogens is 515 g/mol. The van der Waals surface area contributed by atoms with Gasteiger partial charge in [0.15, 0.2) is 15.8 Å². The minimum Gasteiger partial charge on any atom is -0.357 e. The first-order chi connectivity index (χ1) is 13.9. The van der Waals surface area contributed by atoms with Gasteiger partial charge in [0.2, 0.25) is 5.91 Å². The number of guanidine groups is 1. The topological polar surface area (TPSA) is 90.9 Å². The summed E-state index contributed by atoms with van der Waals surface area (Å²) in [6, 6.07) is 7.02. The van der Waals surface area contributed by atoms with Crippen molar-refractivity contribution < 1.29 is 13.2 Å². The Labute approximate surface area is 197 Å². The molecule has 2 N–H and O–H groups in total. The first-order valence-electron chi connectivity index (χ1n) is 10.5. The maximum atomic E-state index is 12.6. The first-order valence-corrected chi connectivity index (χ1v) is 12.4. The molecule has 1 aliphatic carbocycles. The number of halogens is 1. The maximum Gasteiger partial charge on any atom is 0.225 e. The molecule has 1 aromatic carbocycles. The third kappa shape index (κ3) is 6.83. The Morgan fingerprint density at radius 3 is 2.43 bits per heavy atom. The zero-order valence-corrected chi connectivity index (χ0v) is 20.9. The number of hydrogen-bond donors (Lipinski definition) is 2. The number of nitrogens with one attached hydrogen (secondary N) is 2. The summed E-state index contributed by atoms with van der Waals surface area (Å²) in [6.45, 7) is 4.75. The normalized spacial score (nSPS) is 20.1. The van der Waals surface area contributed by atoms with E-state index in [1.54, 1.807) is 24.3 Å². The van der Waals surface area contributed by atoms with E-state index in [2.05, 4.69) is 15.6 Å². The van der Waals surface area contributed by atoms with E-state index >= 15 is 0 Å². The molecule has 1 amide bonds. The fourth-order valence-corrected chi connectivity index (χ4v) is 4.67. The molecule has 0 radical (unpaired) electrons. The highest BCUT2D eigenvalue weighted by molar-refractivity contribution is 14.0. The molecule has 168 valence electrons. The second-order valence-electron chi connectivity index (χ2n) is 8.01. The number of carbonyl (C=O) groups is 1. The average molecular weight is 548 g/mol. The van der Waals surface area contributed by atoms with Crippen molar-refractivity contribution in [3.63, 3.8) is 0 Å². The maximum absolute atomic E-state index is 12.6. The van der Waals surface area contributed by atoms with Crippen LogP contribution in [-0.2, 0) is 21.2 Å². The van der Waals surface area contributed by atoms with E-state index in [0.717, 1.165) is 50.4 Å². The van der Waals surface area contributed by atoms with Crippen molar-refractivity contribution in [2.24, 2.45) is 10.9 Å². The lowest BCUT2D eigenvalue weighted by atomic mass is 10.1. The van der Waals surface area contributed by atoms with Gasteiger partial charge >= 0.3 is 0 Å². The first kappa shape index (κ1) is 24.9. The number of hydrogen-bond acceptors (Lipinski definition) is 4. The molecule has 0 bridgehead atoms. The Morgan fingerprint density at radius 2 is 1.83 bits per heavy atom. The smallest absolute Gasteiger partial charge is 0.225 e. The van der Waals surface area contributed by atoms with E-state index in [1.165, 1.54) is 19.1 Å². The molecule has 7 nitrogen and oxygen atoms in total. The monoisotopic (exact) mass is 548 g/mol. The summed E-state index contributed by atoms with van der Waals surface area (Å²) in [5.74, 6) is 1.27. The number of amides is 1. The van der Waals surface area contributed by atoms with Crippen molar-refractivity contribution in [2.75, 3.05) is 25.9 Å². The number of rotatable bonds is 6. The number of likely N-dealkylation sites (tertiary alicyclic amines) is 1. The number of benzene rings is 1. The van der Waals surface area contributed by atoms with Gasteiger partial charge in [-0.2, -0.15) is 0 Å². The van der Waals surface area contributed by atoms with Crippen LogP contribution in [0.25, 0.3) is 0 Å². The fraction of sp³-hybridized carbons (Fsp3) is 0.619. The minimum atomic E-state index is -3.19. The molecule has 1 aliphatic heterocycles. The Hall–Kier alpha value is -1.36. The van der Waals surface area contributed by atoms with Crippen molar-refractivity contribution >= 4 is 45.7 Å². The van der Waals surface area contributed by atoms with Crippen LogP contribution in [-0.4, -0.2) is 57.1 Å². The van der Waals surface area contributed by atoms with Crippen molar-refractivity contribution in [2.45, 2.75) is 56.5 Å². The lowest BCUT2D eigenvalue weighted by molar-refractivity contribution is -0.134. The molecule has 9 heteroatoms. The number of nitrogens with zero attached hydrogens (tertiary/aromatic N) is 2. The summed E-state index contributed by atoms with van der Waals surface area (Å²) in [4.78, 5) is 19.6. The SMILES string of the molecule is CCNC(=NCc1ccc(S(C)(=O)=O)cc1)NC1CCN(C(=O)C2CCCC2)C1.I. The van der Waals surface area contributed by atoms with Gasteiger partial charge in [0.25, 0.3) is 0 Å². The molecule has 0 spiro atoms. The molecule has 1 saturated heterocycles. The second-order valence-corrected chi connectivity index (χ2v) is 10.0. The average Bonchev–Trinajstić information content (AvgIpc) is 3.38. The molecular formula is C21H33IN4O3S. The summed E-state index contributed by atoms with van der Waals surface area (Å²) in [7, 11) is -3.19. The fourth-order valence-electron chi connectivity index (χ4n) is 4.03. The van der Waals surface area contributed by atoms with Crippen molar-refractivity contribution in [3.8, 4) is 0 Å². The summed E-state index contributed by atoms with van der Waals surface area (Å²) in [5, 5.41) is 6.70. The summed E-state index contributed by atoms with van der Waals surface area (Å²) in [5.41, 5.74) is 0.944.